The number of rotatable bonds is 3. The average molecular weight is 290 g/mol. The standard InChI is InChI=1S/C16H22N2O3/c1-18(10-14-9-17-6-7-20-14)16(19)13-8-12-4-2-3-5-15(12)21-11-13/h2-5,13-14,17H,6-11H2,1H3. The summed E-state index contributed by atoms with van der Waals surface area (Å²) in [6, 6.07) is 7.94. The van der Waals surface area contributed by atoms with Crippen LogP contribution < -0.4 is 10.1 Å². The number of morpholine rings is 1. The second-order valence-corrected chi connectivity index (χ2v) is 5.74. The Balaban J connectivity index is 1.58. The maximum absolute atomic E-state index is 12.6. The Kier molecular flexibility index (Phi) is 4.41. The molecule has 0 aromatic heterocycles. The molecule has 0 aliphatic carbocycles. The average Bonchev–Trinajstić information content (AvgIpc) is 2.54. The SMILES string of the molecule is CN(CC1CNCCO1)C(=O)C1COc2ccccc2C1. The van der Waals surface area contributed by atoms with Gasteiger partial charge in [0, 0.05) is 26.7 Å². The number of nitrogens with one attached hydrogen (secondary N) is 1. The fourth-order valence-corrected chi connectivity index (χ4v) is 2.93. The Morgan fingerprint density at radius 1 is 1.43 bits per heavy atom. The van der Waals surface area contributed by atoms with E-state index in [1.54, 1.807) is 4.90 Å². The van der Waals surface area contributed by atoms with Gasteiger partial charge in [-0.1, -0.05) is 18.2 Å². The van der Waals surface area contributed by atoms with Gasteiger partial charge in [0.05, 0.1) is 18.6 Å². The number of amides is 1. The lowest BCUT2D eigenvalue weighted by molar-refractivity contribution is -0.137. The summed E-state index contributed by atoms with van der Waals surface area (Å²) in [5, 5.41) is 3.28. The second-order valence-electron chi connectivity index (χ2n) is 5.74. The zero-order chi connectivity index (χ0) is 14.7. The minimum absolute atomic E-state index is 0.0875. The molecule has 0 bridgehead atoms. The Morgan fingerprint density at radius 2 is 2.29 bits per heavy atom. The molecule has 5 nitrogen and oxygen atoms in total. The molecule has 0 saturated carbocycles. The summed E-state index contributed by atoms with van der Waals surface area (Å²) >= 11 is 0. The maximum atomic E-state index is 12.6. The number of likely N-dealkylation sites (N-methyl/N-ethyl adjacent to an activating group) is 1. The van der Waals surface area contributed by atoms with Gasteiger partial charge in [0.2, 0.25) is 5.91 Å². The van der Waals surface area contributed by atoms with Crippen LogP contribution >= 0.6 is 0 Å². The van der Waals surface area contributed by atoms with E-state index in [2.05, 4.69) is 5.32 Å². The molecule has 114 valence electrons. The first kappa shape index (κ1) is 14.4. The van der Waals surface area contributed by atoms with Gasteiger partial charge >= 0.3 is 0 Å². The van der Waals surface area contributed by atoms with Crippen LogP contribution in [0.5, 0.6) is 5.75 Å². The normalized spacial score (nSPS) is 24.8. The van der Waals surface area contributed by atoms with Crippen molar-refractivity contribution >= 4 is 5.91 Å². The lowest BCUT2D eigenvalue weighted by Gasteiger charge is -2.31. The highest BCUT2D eigenvalue weighted by molar-refractivity contribution is 5.79. The van der Waals surface area contributed by atoms with Crippen molar-refractivity contribution in [3.8, 4) is 5.75 Å². The van der Waals surface area contributed by atoms with Gasteiger partial charge in [-0.25, -0.2) is 0 Å². The fraction of sp³-hybridized carbons (Fsp3) is 0.562. The fourth-order valence-electron chi connectivity index (χ4n) is 2.93. The van der Waals surface area contributed by atoms with Crippen molar-refractivity contribution in [2.75, 3.05) is 39.9 Å². The predicted octanol–water partition coefficient (Wildman–Crippen LogP) is 0.685. The minimum Gasteiger partial charge on any atom is -0.492 e. The van der Waals surface area contributed by atoms with Crippen molar-refractivity contribution in [2.24, 2.45) is 5.92 Å². The molecule has 1 amide bonds. The second kappa shape index (κ2) is 6.45. The number of hydrogen-bond donors (Lipinski definition) is 1. The Labute approximate surface area is 125 Å². The Hall–Kier alpha value is -1.59. The van der Waals surface area contributed by atoms with Crippen LogP contribution in [0.25, 0.3) is 0 Å². The van der Waals surface area contributed by atoms with Crippen molar-refractivity contribution in [1.29, 1.82) is 0 Å². The van der Waals surface area contributed by atoms with E-state index in [0.717, 1.165) is 30.8 Å². The topological polar surface area (TPSA) is 50.8 Å². The predicted molar refractivity (Wildman–Crippen MR) is 79.4 cm³/mol. The van der Waals surface area contributed by atoms with Gasteiger partial charge in [0.15, 0.2) is 0 Å². The third-order valence-corrected chi connectivity index (χ3v) is 4.09. The number of hydrogen-bond acceptors (Lipinski definition) is 4. The number of carbonyl (C=O) groups excluding carboxylic acids is 1. The van der Waals surface area contributed by atoms with Crippen LogP contribution in [0.3, 0.4) is 0 Å². The van der Waals surface area contributed by atoms with Gasteiger partial charge in [0.1, 0.15) is 12.4 Å². The van der Waals surface area contributed by atoms with Gasteiger partial charge in [-0.3, -0.25) is 4.79 Å². The summed E-state index contributed by atoms with van der Waals surface area (Å²) < 4.78 is 11.4. The lowest BCUT2D eigenvalue weighted by atomic mass is 9.95. The molecule has 3 rings (SSSR count). The molecule has 5 heteroatoms. The van der Waals surface area contributed by atoms with Crippen LogP contribution in [-0.4, -0.2) is 56.8 Å². The Morgan fingerprint density at radius 3 is 3.10 bits per heavy atom. The van der Waals surface area contributed by atoms with Gasteiger partial charge in [-0.05, 0) is 18.1 Å². The zero-order valence-corrected chi connectivity index (χ0v) is 12.4. The molecule has 1 aromatic rings. The summed E-state index contributed by atoms with van der Waals surface area (Å²) in [6.45, 7) is 3.50. The van der Waals surface area contributed by atoms with Crippen molar-refractivity contribution in [1.82, 2.24) is 10.2 Å². The summed E-state index contributed by atoms with van der Waals surface area (Å²) in [5.41, 5.74) is 1.12. The molecule has 0 radical (unpaired) electrons. The van der Waals surface area contributed by atoms with Crippen LogP contribution in [0.4, 0.5) is 0 Å². The maximum Gasteiger partial charge on any atom is 0.229 e. The van der Waals surface area contributed by atoms with E-state index in [0.29, 0.717) is 19.8 Å². The number of ether oxygens (including phenoxy) is 2. The van der Waals surface area contributed by atoms with Crippen LogP contribution in [-0.2, 0) is 16.0 Å². The van der Waals surface area contributed by atoms with Crippen molar-refractivity contribution in [3.05, 3.63) is 29.8 Å². The monoisotopic (exact) mass is 290 g/mol. The van der Waals surface area contributed by atoms with E-state index in [1.807, 2.05) is 31.3 Å². The molecule has 2 unspecified atom stereocenters. The summed E-state index contributed by atoms with van der Waals surface area (Å²) in [4.78, 5) is 14.3. The van der Waals surface area contributed by atoms with Gasteiger partial charge in [0.25, 0.3) is 0 Å². The van der Waals surface area contributed by atoms with Crippen LogP contribution in [0, 0.1) is 5.92 Å². The molecule has 0 spiro atoms. The van der Waals surface area contributed by atoms with Crippen LogP contribution in [0.2, 0.25) is 0 Å². The first-order valence-electron chi connectivity index (χ1n) is 7.52. The van der Waals surface area contributed by atoms with E-state index in [-0.39, 0.29) is 17.9 Å². The van der Waals surface area contributed by atoms with Gasteiger partial charge in [-0.2, -0.15) is 0 Å². The number of carbonyl (C=O) groups is 1. The van der Waals surface area contributed by atoms with Crippen molar-refractivity contribution in [2.45, 2.75) is 12.5 Å². The van der Waals surface area contributed by atoms with E-state index in [1.165, 1.54) is 0 Å². The number of nitrogens with zero attached hydrogens (tertiary/aromatic N) is 1. The van der Waals surface area contributed by atoms with E-state index < -0.39 is 0 Å². The first-order chi connectivity index (χ1) is 10.2. The molecular weight excluding hydrogens is 268 g/mol. The highest BCUT2D eigenvalue weighted by atomic mass is 16.5. The van der Waals surface area contributed by atoms with Gasteiger partial charge < -0.3 is 19.7 Å². The third-order valence-electron chi connectivity index (χ3n) is 4.09. The molecule has 1 aromatic carbocycles. The molecule has 21 heavy (non-hydrogen) atoms. The van der Waals surface area contributed by atoms with E-state index in [4.69, 9.17) is 9.47 Å². The van der Waals surface area contributed by atoms with Crippen LogP contribution in [0.1, 0.15) is 5.56 Å². The molecule has 2 atom stereocenters. The number of para-hydroxylation sites is 1. The third kappa shape index (κ3) is 3.36. The highest BCUT2D eigenvalue weighted by Gasteiger charge is 2.29. The Bertz CT molecular complexity index is 500. The molecule has 2 aliphatic rings. The first-order valence-corrected chi connectivity index (χ1v) is 7.52. The number of benzene rings is 1. The highest BCUT2D eigenvalue weighted by Crippen LogP contribution is 2.27. The van der Waals surface area contributed by atoms with Crippen molar-refractivity contribution in [3.63, 3.8) is 0 Å². The quantitative estimate of drug-likeness (QED) is 0.889. The summed E-state index contributed by atoms with van der Waals surface area (Å²) in [7, 11) is 1.85. The molecule has 2 aliphatic heterocycles. The molecule has 2 heterocycles. The van der Waals surface area contributed by atoms with E-state index in [9.17, 15) is 4.79 Å². The molecule has 1 N–H and O–H groups in total. The van der Waals surface area contributed by atoms with Crippen LogP contribution in [0.15, 0.2) is 24.3 Å². The zero-order valence-electron chi connectivity index (χ0n) is 12.4. The molecule has 1 fully saturated rings. The summed E-state index contributed by atoms with van der Waals surface area (Å²) in [6.07, 6.45) is 0.841. The molecular formula is C16H22N2O3. The van der Waals surface area contributed by atoms with E-state index >= 15 is 0 Å². The van der Waals surface area contributed by atoms with Gasteiger partial charge in [-0.15, -0.1) is 0 Å². The van der Waals surface area contributed by atoms with Crippen molar-refractivity contribution < 1.29 is 14.3 Å². The minimum atomic E-state index is -0.0959. The number of fused-ring (bicyclic) bond motifs is 1. The lowest BCUT2D eigenvalue weighted by Crippen LogP contribution is -2.48. The smallest absolute Gasteiger partial charge is 0.229 e. The largest absolute Gasteiger partial charge is 0.492 e. The molecule has 1 saturated heterocycles. The summed E-state index contributed by atoms with van der Waals surface area (Å²) in [5.74, 6) is 0.948.